The average molecular weight is 892 g/mol. The molecule has 0 bridgehead atoms. The molecule has 0 spiro atoms. The second kappa shape index (κ2) is 27.2. The van der Waals surface area contributed by atoms with E-state index in [1.165, 1.54) is 77.0 Å². The largest absolute Gasteiger partial charge is 0.507 e. The fourth-order valence-electron chi connectivity index (χ4n) is 8.31. The van der Waals surface area contributed by atoms with Gasteiger partial charge in [-0.25, -0.2) is 0 Å². The van der Waals surface area contributed by atoms with Crippen LogP contribution >= 0.6 is 0 Å². The Hall–Kier alpha value is -3.55. The van der Waals surface area contributed by atoms with Crippen LogP contribution in [0.2, 0.25) is 0 Å². The summed E-state index contributed by atoms with van der Waals surface area (Å²) in [5.41, 5.74) is 4.31. The van der Waals surface area contributed by atoms with E-state index in [-0.39, 0.29) is 78.7 Å². The molecular weight excluding hydrogens is 799 g/mol. The Morgan fingerprint density at radius 3 is 1.02 bits per heavy atom. The van der Waals surface area contributed by atoms with Crippen LogP contribution in [0.5, 0.6) is 11.5 Å². The summed E-state index contributed by atoms with van der Waals surface area (Å²) in [4.78, 5) is 41.3. The molecular formula is C56H93NO7. The molecule has 8 heteroatoms. The molecule has 0 aliphatic heterocycles. The number of esters is 2. The Balaban J connectivity index is 1.96. The number of carbonyl (C=O) groups excluding carboxylic acids is 3. The van der Waals surface area contributed by atoms with Gasteiger partial charge in [-0.15, -0.1) is 0 Å². The van der Waals surface area contributed by atoms with Gasteiger partial charge in [0.15, 0.2) is 0 Å². The highest BCUT2D eigenvalue weighted by Crippen LogP contribution is 2.41. The van der Waals surface area contributed by atoms with Crippen molar-refractivity contribution in [2.75, 3.05) is 26.3 Å². The third-order valence-corrected chi connectivity index (χ3v) is 12.4. The van der Waals surface area contributed by atoms with E-state index in [4.69, 9.17) is 9.47 Å². The van der Waals surface area contributed by atoms with Crippen molar-refractivity contribution in [2.24, 2.45) is 0 Å². The number of benzene rings is 2. The molecule has 0 unspecified atom stereocenters. The van der Waals surface area contributed by atoms with Crippen LogP contribution in [0.3, 0.4) is 0 Å². The highest BCUT2D eigenvalue weighted by atomic mass is 16.5. The van der Waals surface area contributed by atoms with Crippen LogP contribution in [-0.2, 0) is 58.4 Å². The van der Waals surface area contributed by atoms with Crippen molar-refractivity contribution in [1.82, 2.24) is 4.90 Å². The molecule has 0 radical (unpaired) electrons. The summed E-state index contributed by atoms with van der Waals surface area (Å²) in [5, 5.41) is 22.2. The van der Waals surface area contributed by atoms with Crippen molar-refractivity contribution < 1.29 is 34.1 Å². The lowest BCUT2D eigenvalue weighted by atomic mass is 9.78. The van der Waals surface area contributed by atoms with E-state index < -0.39 is 0 Å². The SMILES string of the molecule is CCCCCCCCCCCCCCCCCC(=O)N(CCOC(=O)CCc1cc(C(C)(C)C)c(O)c(C(C)(C)C)c1)CCOC(=O)CCc1cc(C(C)(C)C)c(O)c(C(C)(C)C)c1. The average Bonchev–Trinajstić information content (AvgIpc) is 3.19. The maximum atomic E-state index is 13.6. The zero-order chi connectivity index (χ0) is 48.1. The fraction of sp³-hybridized carbons (Fsp3) is 0.732. The highest BCUT2D eigenvalue weighted by Gasteiger charge is 2.28. The monoisotopic (exact) mass is 892 g/mol. The second-order valence-electron chi connectivity index (χ2n) is 22.6. The van der Waals surface area contributed by atoms with E-state index in [0.29, 0.717) is 30.8 Å². The van der Waals surface area contributed by atoms with Crippen molar-refractivity contribution in [3.8, 4) is 11.5 Å². The van der Waals surface area contributed by atoms with E-state index in [0.717, 1.165) is 52.6 Å². The van der Waals surface area contributed by atoms with Crippen LogP contribution in [0.4, 0.5) is 0 Å². The van der Waals surface area contributed by atoms with Crippen molar-refractivity contribution in [2.45, 2.75) is 240 Å². The van der Waals surface area contributed by atoms with Gasteiger partial charge in [0.25, 0.3) is 0 Å². The van der Waals surface area contributed by atoms with Gasteiger partial charge in [-0.2, -0.15) is 0 Å². The smallest absolute Gasteiger partial charge is 0.306 e. The zero-order valence-electron chi connectivity index (χ0n) is 43.2. The molecule has 2 aromatic carbocycles. The Morgan fingerprint density at radius 2 is 0.734 bits per heavy atom. The minimum atomic E-state index is -0.345. The molecule has 364 valence electrons. The molecule has 2 aromatic rings. The van der Waals surface area contributed by atoms with Crippen LogP contribution < -0.4 is 0 Å². The summed E-state index contributed by atoms with van der Waals surface area (Å²) in [6.07, 6.45) is 20.6. The number of hydrogen-bond donors (Lipinski definition) is 2. The number of phenols is 2. The number of ether oxygens (including phenoxy) is 2. The third kappa shape index (κ3) is 21.2. The lowest BCUT2D eigenvalue weighted by molar-refractivity contribution is -0.147. The van der Waals surface area contributed by atoms with Crippen molar-refractivity contribution in [3.63, 3.8) is 0 Å². The summed E-state index contributed by atoms with van der Waals surface area (Å²) >= 11 is 0. The Morgan fingerprint density at radius 1 is 0.453 bits per heavy atom. The lowest BCUT2D eigenvalue weighted by Crippen LogP contribution is -2.37. The number of nitrogens with zero attached hydrogens (tertiary/aromatic N) is 1. The first-order valence-corrected chi connectivity index (χ1v) is 25.2. The van der Waals surface area contributed by atoms with Gasteiger partial charge in [0.1, 0.15) is 24.7 Å². The lowest BCUT2D eigenvalue weighted by Gasteiger charge is -2.28. The van der Waals surface area contributed by atoms with E-state index in [1.807, 2.05) is 24.3 Å². The predicted octanol–water partition coefficient (Wildman–Crippen LogP) is 14.0. The van der Waals surface area contributed by atoms with Crippen molar-refractivity contribution in [3.05, 3.63) is 57.6 Å². The second-order valence-corrected chi connectivity index (χ2v) is 22.6. The van der Waals surface area contributed by atoms with Crippen molar-refractivity contribution >= 4 is 17.8 Å². The number of unbranched alkanes of at least 4 members (excludes halogenated alkanes) is 14. The molecule has 0 saturated heterocycles. The number of aromatic hydroxyl groups is 2. The van der Waals surface area contributed by atoms with Crippen LogP contribution in [0, 0.1) is 0 Å². The molecule has 0 heterocycles. The summed E-state index contributed by atoms with van der Waals surface area (Å²) in [6.45, 7) is 27.7. The molecule has 2 N–H and O–H groups in total. The first kappa shape index (κ1) is 56.6. The Kier molecular flexibility index (Phi) is 24.0. The molecule has 0 fully saturated rings. The van der Waals surface area contributed by atoms with E-state index in [9.17, 15) is 24.6 Å². The first-order valence-electron chi connectivity index (χ1n) is 25.2. The van der Waals surface area contributed by atoms with Crippen LogP contribution in [0.25, 0.3) is 0 Å². The minimum absolute atomic E-state index is 0.0242. The summed E-state index contributed by atoms with van der Waals surface area (Å²) < 4.78 is 11.4. The molecule has 0 atom stereocenters. The number of hydrogen-bond acceptors (Lipinski definition) is 7. The van der Waals surface area contributed by atoms with Gasteiger partial charge in [-0.05, 0) is 74.3 Å². The highest BCUT2D eigenvalue weighted by molar-refractivity contribution is 5.76. The van der Waals surface area contributed by atoms with Gasteiger partial charge < -0.3 is 24.6 Å². The molecule has 8 nitrogen and oxygen atoms in total. The molecule has 2 rings (SSSR count). The molecule has 0 aliphatic carbocycles. The van der Waals surface area contributed by atoms with Gasteiger partial charge in [-0.3, -0.25) is 14.4 Å². The minimum Gasteiger partial charge on any atom is -0.507 e. The maximum absolute atomic E-state index is 13.6. The zero-order valence-corrected chi connectivity index (χ0v) is 43.2. The standard InChI is InChI=1S/C56H93NO7/c1-14-15-16-17-18-19-20-21-22-23-24-25-26-27-28-29-48(58)57(34-36-63-49(59)32-30-42-38-44(53(2,3)4)51(61)45(39-42)54(5,6)7)35-37-64-50(60)33-31-43-40-46(55(8,9)10)52(62)47(41-43)56(11,12)13/h38-41,61-62H,14-37H2,1-13H3. The molecule has 1 amide bonds. The number of phenolic OH excluding ortho intramolecular Hbond substituents is 2. The first-order chi connectivity index (χ1) is 29.9. The Bertz CT molecular complexity index is 1540. The van der Waals surface area contributed by atoms with E-state index in [1.54, 1.807) is 4.90 Å². The molecule has 0 aromatic heterocycles. The number of amides is 1. The quantitative estimate of drug-likeness (QED) is 0.0646. The van der Waals surface area contributed by atoms with Crippen molar-refractivity contribution in [1.29, 1.82) is 0 Å². The molecule has 64 heavy (non-hydrogen) atoms. The predicted molar refractivity (Wildman–Crippen MR) is 266 cm³/mol. The van der Waals surface area contributed by atoms with E-state index in [2.05, 4.69) is 90.0 Å². The van der Waals surface area contributed by atoms with Crippen LogP contribution in [0.15, 0.2) is 24.3 Å². The van der Waals surface area contributed by atoms with Crippen LogP contribution in [-0.4, -0.2) is 59.3 Å². The van der Waals surface area contributed by atoms with Gasteiger partial charge in [0.05, 0.1) is 13.1 Å². The number of rotatable bonds is 28. The topological polar surface area (TPSA) is 113 Å². The fourth-order valence-corrected chi connectivity index (χ4v) is 8.31. The van der Waals surface area contributed by atoms with Gasteiger partial charge in [0.2, 0.25) is 5.91 Å². The Labute approximate surface area is 391 Å². The summed E-state index contributed by atoms with van der Waals surface area (Å²) in [6, 6.07) is 7.98. The van der Waals surface area contributed by atoms with Gasteiger partial charge in [0, 0.05) is 19.3 Å². The summed E-state index contributed by atoms with van der Waals surface area (Å²) in [5.74, 6) is -0.0886. The number of aryl methyl sites for hydroxylation is 2. The van der Waals surface area contributed by atoms with Crippen LogP contribution in [0.1, 0.15) is 239 Å². The molecule has 0 saturated carbocycles. The normalized spacial score (nSPS) is 12.4. The van der Waals surface area contributed by atoms with E-state index >= 15 is 0 Å². The summed E-state index contributed by atoms with van der Waals surface area (Å²) in [7, 11) is 0. The number of carbonyl (C=O) groups is 3. The maximum Gasteiger partial charge on any atom is 0.306 e. The third-order valence-electron chi connectivity index (χ3n) is 12.4. The van der Waals surface area contributed by atoms with Gasteiger partial charge >= 0.3 is 11.9 Å². The molecule has 0 aliphatic rings. The van der Waals surface area contributed by atoms with Gasteiger partial charge in [-0.1, -0.05) is 204 Å².